The molecular weight excluding hydrogens is 318 g/mol. The molecule has 0 atom stereocenters. The standard InChI is InChI=1S/C12H17BrClN3O/c13-10-7-9(8-16-12(10)14)17-11(18)5-3-1-2-4-6-15/h7-8H,1-6,15H2,(H,17,18). The zero-order chi connectivity index (χ0) is 13.4. The van der Waals surface area contributed by atoms with Crippen LogP contribution >= 0.6 is 27.5 Å². The number of amides is 1. The Morgan fingerprint density at radius 1 is 1.39 bits per heavy atom. The summed E-state index contributed by atoms with van der Waals surface area (Å²) in [6.45, 7) is 0.719. The first-order chi connectivity index (χ1) is 8.63. The lowest BCUT2D eigenvalue weighted by Crippen LogP contribution is -2.11. The molecule has 0 spiro atoms. The van der Waals surface area contributed by atoms with Gasteiger partial charge >= 0.3 is 0 Å². The van der Waals surface area contributed by atoms with E-state index in [0.29, 0.717) is 21.7 Å². The van der Waals surface area contributed by atoms with E-state index >= 15 is 0 Å². The average Bonchev–Trinajstić information content (AvgIpc) is 2.34. The Morgan fingerprint density at radius 3 is 2.78 bits per heavy atom. The van der Waals surface area contributed by atoms with Gasteiger partial charge in [-0.2, -0.15) is 0 Å². The van der Waals surface area contributed by atoms with Crippen molar-refractivity contribution in [3.63, 3.8) is 0 Å². The summed E-state index contributed by atoms with van der Waals surface area (Å²) in [6, 6.07) is 1.74. The lowest BCUT2D eigenvalue weighted by Gasteiger charge is -2.05. The zero-order valence-corrected chi connectivity index (χ0v) is 12.4. The van der Waals surface area contributed by atoms with Crippen molar-refractivity contribution in [1.29, 1.82) is 0 Å². The summed E-state index contributed by atoms with van der Waals surface area (Å²) >= 11 is 9.03. The smallest absolute Gasteiger partial charge is 0.224 e. The van der Waals surface area contributed by atoms with Crippen molar-refractivity contribution in [3.8, 4) is 0 Å². The van der Waals surface area contributed by atoms with Crippen LogP contribution in [0.4, 0.5) is 5.69 Å². The first-order valence-electron chi connectivity index (χ1n) is 5.94. The van der Waals surface area contributed by atoms with Crippen LogP contribution in [0.25, 0.3) is 0 Å². The average molecular weight is 335 g/mol. The van der Waals surface area contributed by atoms with Crippen molar-refractivity contribution in [1.82, 2.24) is 4.98 Å². The highest BCUT2D eigenvalue weighted by molar-refractivity contribution is 9.10. The molecule has 18 heavy (non-hydrogen) atoms. The van der Waals surface area contributed by atoms with E-state index in [1.54, 1.807) is 12.3 Å². The van der Waals surface area contributed by atoms with E-state index in [0.717, 1.165) is 32.2 Å². The van der Waals surface area contributed by atoms with E-state index in [4.69, 9.17) is 17.3 Å². The summed E-state index contributed by atoms with van der Waals surface area (Å²) in [7, 11) is 0. The van der Waals surface area contributed by atoms with Crippen molar-refractivity contribution < 1.29 is 4.79 Å². The van der Waals surface area contributed by atoms with Crippen LogP contribution in [0.2, 0.25) is 5.15 Å². The van der Waals surface area contributed by atoms with E-state index in [9.17, 15) is 4.79 Å². The highest BCUT2D eigenvalue weighted by Gasteiger charge is 2.05. The number of unbranched alkanes of at least 4 members (excludes halogenated alkanes) is 3. The Bertz CT molecular complexity index is 401. The maximum absolute atomic E-state index is 11.6. The maximum atomic E-state index is 11.6. The van der Waals surface area contributed by atoms with Gasteiger partial charge in [-0.05, 0) is 41.4 Å². The fraction of sp³-hybridized carbons (Fsp3) is 0.500. The molecule has 1 amide bonds. The molecule has 0 bridgehead atoms. The minimum atomic E-state index is -0.00114. The van der Waals surface area contributed by atoms with Crippen LogP contribution in [0.3, 0.4) is 0 Å². The molecule has 1 heterocycles. The minimum absolute atomic E-state index is 0.00114. The lowest BCUT2D eigenvalue weighted by molar-refractivity contribution is -0.116. The molecule has 0 aliphatic carbocycles. The number of anilines is 1. The van der Waals surface area contributed by atoms with Crippen LogP contribution in [0.5, 0.6) is 0 Å². The van der Waals surface area contributed by atoms with Gasteiger partial charge in [0, 0.05) is 6.42 Å². The molecule has 0 fully saturated rings. The summed E-state index contributed by atoms with van der Waals surface area (Å²) in [4.78, 5) is 15.6. The van der Waals surface area contributed by atoms with Crippen molar-refractivity contribution in [2.45, 2.75) is 32.1 Å². The normalized spacial score (nSPS) is 10.4. The van der Waals surface area contributed by atoms with E-state index in [1.807, 2.05) is 0 Å². The topological polar surface area (TPSA) is 68.0 Å². The fourth-order valence-corrected chi connectivity index (χ4v) is 1.95. The largest absolute Gasteiger partial charge is 0.330 e. The van der Waals surface area contributed by atoms with Gasteiger partial charge in [0.05, 0.1) is 16.4 Å². The van der Waals surface area contributed by atoms with Crippen molar-refractivity contribution in [2.24, 2.45) is 5.73 Å². The molecule has 3 N–H and O–H groups in total. The number of halogens is 2. The molecule has 0 saturated heterocycles. The molecule has 0 aliphatic heterocycles. The molecule has 1 rings (SSSR count). The Labute approximate surface area is 120 Å². The molecule has 0 aromatic carbocycles. The molecule has 0 unspecified atom stereocenters. The number of carbonyl (C=O) groups is 1. The second-order valence-corrected chi connectivity index (χ2v) is 5.21. The number of hydrogen-bond acceptors (Lipinski definition) is 3. The predicted octanol–water partition coefficient (Wildman–Crippen LogP) is 3.35. The Hall–Kier alpha value is -0.650. The highest BCUT2D eigenvalue weighted by atomic mass is 79.9. The van der Waals surface area contributed by atoms with Crippen molar-refractivity contribution in [2.75, 3.05) is 11.9 Å². The number of aromatic nitrogens is 1. The van der Waals surface area contributed by atoms with Gasteiger partial charge in [-0.15, -0.1) is 0 Å². The number of rotatable bonds is 7. The number of nitrogens with two attached hydrogens (primary N) is 1. The van der Waals surface area contributed by atoms with Crippen LogP contribution in [0.1, 0.15) is 32.1 Å². The summed E-state index contributed by atoms with van der Waals surface area (Å²) in [5.74, 6) is -0.00114. The van der Waals surface area contributed by atoms with Crippen LogP contribution in [-0.2, 0) is 4.79 Å². The molecule has 0 aliphatic rings. The predicted molar refractivity (Wildman–Crippen MR) is 77.7 cm³/mol. The Balaban J connectivity index is 2.29. The second-order valence-electron chi connectivity index (χ2n) is 4.00. The van der Waals surface area contributed by atoms with Gasteiger partial charge < -0.3 is 11.1 Å². The van der Waals surface area contributed by atoms with Gasteiger partial charge in [0.25, 0.3) is 0 Å². The molecule has 0 radical (unpaired) electrons. The van der Waals surface area contributed by atoms with E-state index in [2.05, 4.69) is 26.2 Å². The number of carbonyl (C=O) groups excluding carboxylic acids is 1. The lowest BCUT2D eigenvalue weighted by atomic mass is 10.1. The Morgan fingerprint density at radius 2 is 2.11 bits per heavy atom. The molecule has 0 saturated carbocycles. The van der Waals surface area contributed by atoms with E-state index < -0.39 is 0 Å². The quantitative estimate of drug-likeness (QED) is 0.593. The summed E-state index contributed by atoms with van der Waals surface area (Å²) in [6.07, 6.45) is 6.08. The molecule has 1 aromatic rings. The summed E-state index contributed by atoms with van der Waals surface area (Å²) < 4.78 is 0.671. The number of nitrogens with one attached hydrogen (secondary N) is 1. The van der Waals surface area contributed by atoms with Gasteiger partial charge in [0.15, 0.2) is 0 Å². The summed E-state index contributed by atoms with van der Waals surface area (Å²) in [5, 5.41) is 3.17. The van der Waals surface area contributed by atoms with Crippen LogP contribution in [0, 0.1) is 0 Å². The van der Waals surface area contributed by atoms with Crippen LogP contribution < -0.4 is 11.1 Å². The third-order valence-electron chi connectivity index (χ3n) is 2.44. The van der Waals surface area contributed by atoms with E-state index in [1.165, 1.54) is 0 Å². The zero-order valence-electron chi connectivity index (χ0n) is 10.1. The highest BCUT2D eigenvalue weighted by Crippen LogP contribution is 2.22. The van der Waals surface area contributed by atoms with Gasteiger partial charge in [-0.1, -0.05) is 24.4 Å². The molecule has 4 nitrogen and oxygen atoms in total. The monoisotopic (exact) mass is 333 g/mol. The molecule has 6 heteroatoms. The van der Waals surface area contributed by atoms with Gasteiger partial charge in [0.1, 0.15) is 5.15 Å². The first-order valence-corrected chi connectivity index (χ1v) is 7.11. The third kappa shape index (κ3) is 5.80. The van der Waals surface area contributed by atoms with Crippen molar-refractivity contribution >= 4 is 39.1 Å². The van der Waals surface area contributed by atoms with Crippen molar-refractivity contribution in [3.05, 3.63) is 21.9 Å². The molecule has 100 valence electrons. The summed E-state index contributed by atoms with van der Waals surface area (Å²) in [5.41, 5.74) is 6.05. The van der Waals surface area contributed by atoms with Crippen LogP contribution in [0.15, 0.2) is 16.7 Å². The van der Waals surface area contributed by atoms with Gasteiger partial charge in [-0.25, -0.2) is 4.98 Å². The Kier molecular flexibility index (Phi) is 7.23. The minimum Gasteiger partial charge on any atom is -0.330 e. The molecule has 1 aromatic heterocycles. The second kappa shape index (κ2) is 8.45. The van der Waals surface area contributed by atoms with E-state index in [-0.39, 0.29) is 5.91 Å². The maximum Gasteiger partial charge on any atom is 0.224 e. The first kappa shape index (κ1) is 15.4. The fourth-order valence-electron chi connectivity index (χ4n) is 1.50. The van der Waals surface area contributed by atoms with Gasteiger partial charge in [0.2, 0.25) is 5.91 Å². The van der Waals surface area contributed by atoms with Gasteiger partial charge in [-0.3, -0.25) is 4.79 Å². The number of nitrogens with zero attached hydrogens (tertiary/aromatic N) is 1. The SMILES string of the molecule is NCCCCCCC(=O)Nc1cnc(Cl)c(Br)c1. The molecular formula is C12H17BrClN3O. The third-order valence-corrected chi connectivity index (χ3v) is 3.57. The number of pyridine rings is 1. The number of hydrogen-bond donors (Lipinski definition) is 2. The van der Waals surface area contributed by atoms with Crippen LogP contribution in [-0.4, -0.2) is 17.4 Å².